The number of thioether (sulfide) groups is 1. The number of nitrogens with one attached hydrogen (secondary N) is 1. The molecule has 5 aliphatic rings. The SMILES string of the molecule is O=C1/C(=C/c2ccc(I)cc2)SC(=S)N1NC(=O)C12CC3CC(CC(C3)C1)C2. The van der Waals surface area contributed by atoms with E-state index in [9.17, 15) is 9.59 Å². The summed E-state index contributed by atoms with van der Waals surface area (Å²) >= 11 is 8.91. The highest BCUT2D eigenvalue weighted by Gasteiger charge is 2.55. The van der Waals surface area contributed by atoms with Crippen LogP contribution in [0.25, 0.3) is 6.08 Å². The van der Waals surface area contributed by atoms with Gasteiger partial charge >= 0.3 is 0 Å². The molecule has 0 unspecified atom stereocenters. The Bertz CT molecular complexity index is 861. The second kappa shape index (κ2) is 7.09. The van der Waals surface area contributed by atoms with Crippen LogP contribution in [0, 0.1) is 26.7 Å². The maximum absolute atomic E-state index is 13.3. The van der Waals surface area contributed by atoms with Crippen molar-refractivity contribution in [1.29, 1.82) is 0 Å². The Hall–Kier alpha value is -0.930. The summed E-state index contributed by atoms with van der Waals surface area (Å²) in [7, 11) is 0. The van der Waals surface area contributed by atoms with Crippen LogP contribution in [0.4, 0.5) is 0 Å². The van der Waals surface area contributed by atoms with Crippen LogP contribution in [-0.2, 0) is 9.59 Å². The number of hydrazine groups is 1. The van der Waals surface area contributed by atoms with Crippen molar-refractivity contribution < 1.29 is 9.59 Å². The minimum Gasteiger partial charge on any atom is -0.273 e. The monoisotopic (exact) mass is 524 g/mol. The number of hydrogen-bond donors (Lipinski definition) is 1. The average Bonchev–Trinajstić information content (AvgIpc) is 2.90. The van der Waals surface area contributed by atoms with E-state index in [1.165, 1.54) is 36.0 Å². The molecule has 0 spiro atoms. The van der Waals surface area contributed by atoms with E-state index < -0.39 is 0 Å². The van der Waals surface area contributed by atoms with Gasteiger partial charge < -0.3 is 0 Å². The first-order valence-electron chi connectivity index (χ1n) is 9.76. The molecule has 1 saturated heterocycles. The molecule has 6 rings (SSSR count). The molecular formula is C21H21IN2O2S2. The topological polar surface area (TPSA) is 49.4 Å². The number of nitrogens with zero attached hydrogens (tertiary/aromatic N) is 1. The van der Waals surface area contributed by atoms with Crippen LogP contribution in [0.3, 0.4) is 0 Å². The summed E-state index contributed by atoms with van der Waals surface area (Å²) in [6.45, 7) is 0. The Morgan fingerprint density at radius 1 is 1.14 bits per heavy atom. The summed E-state index contributed by atoms with van der Waals surface area (Å²) in [5.41, 5.74) is 3.56. The van der Waals surface area contributed by atoms with Crippen LogP contribution in [0.1, 0.15) is 44.1 Å². The van der Waals surface area contributed by atoms with Gasteiger partial charge in [-0.1, -0.05) is 23.9 Å². The summed E-state index contributed by atoms with van der Waals surface area (Å²) < 4.78 is 1.55. The highest BCUT2D eigenvalue weighted by atomic mass is 127. The van der Waals surface area contributed by atoms with Crippen molar-refractivity contribution in [2.45, 2.75) is 38.5 Å². The average molecular weight is 524 g/mol. The second-order valence-electron chi connectivity index (χ2n) is 8.71. The second-order valence-corrected chi connectivity index (χ2v) is 11.6. The summed E-state index contributed by atoms with van der Waals surface area (Å²) in [6.07, 6.45) is 8.60. The first kappa shape index (κ1) is 19.1. The number of halogens is 1. The lowest BCUT2D eigenvalue weighted by atomic mass is 9.49. The molecular weight excluding hydrogens is 503 g/mol. The highest BCUT2D eigenvalue weighted by molar-refractivity contribution is 14.1. The smallest absolute Gasteiger partial charge is 0.273 e. The van der Waals surface area contributed by atoms with Gasteiger partial charge in [-0.05, 0) is 115 Å². The minimum atomic E-state index is -0.294. The lowest BCUT2D eigenvalue weighted by Gasteiger charge is -2.55. The van der Waals surface area contributed by atoms with Crippen molar-refractivity contribution >= 4 is 68.8 Å². The number of hydrogen-bond acceptors (Lipinski definition) is 4. The van der Waals surface area contributed by atoms with Crippen molar-refractivity contribution in [3.8, 4) is 0 Å². The van der Waals surface area contributed by atoms with E-state index in [-0.39, 0.29) is 17.2 Å². The molecule has 28 heavy (non-hydrogen) atoms. The van der Waals surface area contributed by atoms with Crippen molar-refractivity contribution in [2.75, 3.05) is 0 Å². The van der Waals surface area contributed by atoms with Crippen molar-refractivity contribution in [3.05, 3.63) is 38.3 Å². The Labute approximate surface area is 188 Å². The van der Waals surface area contributed by atoms with Crippen molar-refractivity contribution in [2.24, 2.45) is 23.2 Å². The van der Waals surface area contributed by atoms with Crippen LogP contribution in [-0.4, -0.2) is 21.1 Å². The van der Waals surface area contributed by atoms with Gasteiger partial charge in [0.1, 0.15) is 0 Å². The number of benzene rings is 1. The lowest BCUT2D eigenvalue weighted by molar-refractivity contribution is -0.152. The first-order chi connectivity index (χ1) is 13.4. The van der Waals surface area contributed by atoms with E-state index in [0.717, 1.165) is 28.4 Å². The van der Waals surface area contributed by atoms with E-state index >= 15 is 0 Å². The van der Waals surface area contributed by atoms with Gasteiger partial charge in [-0.3, -0.25) is 15.0 Å². The predicted octanol–water partition coefficient (Wildman–Crippen LogP) is 4.74. The first-order valence-corrected chi connectivity index (χ1v) is 12.1. The van der Waals surface area contributed by atoms with E-state index in [2.05, 4.69) is 28.0 Å². The molecule has 7 heteroatoms. The molecule has 4 aliphatic carbocycles. The molecule has 4 saturated carbocycles. The molecule has 1 heterocycles. The number of amides is 2. The fourth-order valence-electron chi connectivity index (χ4n) is 5.88. The van der Waals surface area contributed by atoms with Crippen molar-refractivity contribution in [1.82, 2.24) is 10.4 Å². The molecule has 4 nitrogen and oxygen atoms in total. The maximum atomic E-state index is 13.3. The van der Waals surface area contributed by atoms with Crippen molar-refractivity contribution in [3.63, 3.8) is 0 Å². The molecule has 5 fully saturated rings. The zero-order valence-corrected chi connectivity index (χ0v) is 19.1. The molecule has 0 aromatic heterocycles. The molecule has 1 aromatic rings. The van der Waals surface area contributed by atoms with Crippen LogP contribution in [0.2, 0.25) is 0 Å². The van der Waals surface area contributed by atoms with Gasteiger partial charge in [0.25, 0.3) is 5.91 Å². The Kier molecular flexibility index (Phi) is 4.83. The molecule has 1 aliphatic heterocycles. The summed E-state index contributed by atoms with van der Waals surface area (Å²) in [5, 5.41) is 1.29. The van der Waals surface area contributed by atoms with E-state index in [4.69, 9.17) is 12.2 Å². The van der Waals surface area contributed by atoms with E-state index in [0.29, 0.717) is 27.0 Å². The van der Waals surface area contributed by atoms with Crippen LogP contribution < -0.4 is 5.43 Å². The largest absolute Gasteiger partial charge is 0.285 e. The molecule has 0 radical (unpaired) electrons. The number of thiocarbonyl (C=S) groups is 1. The lowest BCUT2D eigenvalue weighted by Crippen LogP contribution is -2.57. The summed E-state index contributed by atoms with van der Waals surface area (Å²) in [4.78, 5) is 26.7. The Morgan fingerprint density at radius 3 is 2.29 bits per heavy atom. The number of rotatable bonds is 3. The molecule has 1 N–H and O–H groups in total. The zero-order valence-electron chi connectivity index (χ0n) is 15.3. The Morgan fingerprint density at radius 2 is 1.71 bits per heavy atom. The van der Waals surface area contributed by atoms with Gasteiger partial charge in [-0.25, -0.2) is 0 Å². The molecule has 2 amide bonds. The molecule has 4 bridgehead atoms. The maximum Gasteiger partial charge on any atom is 0.285 e. The van der Waals surface area contributed by atoms with Gasteiger partial charge in [-0.15, -0.1) is 0 Å². The Balaban J connectivity index is 1.33. The highest BCUT2D eigenvalue weighted by Crippen LogP contribution is 2.60. The van der Waals surface area contributed by atoms with Crippen LogP contribution in [0.15, 0.2) is 29.2 Å². The molecule has 0 atom stereocenters. The van der Waals surface area contributed by atoms with Gasteiger partial charge in [0.05, 0.1) is 10.3 Å². The quantitative estimate of drug-likeness (QED) is 0.353. The third-order valence-electron chi connectivity index (χ3n) is 6.69. The third kappa shape index (κ3) is 3.33. The van der Waals surface area contributed by atoms with E-state index in [1.807, 2.05) is 30.3 Å². The van der Waals surface area contributed by atoms with Gasteiger partial charge in [0.15, 0.2) is 4.32 Å². The fraction of sp³-hybridized carbons (Fsp3) is 0.476. The molecule has 1 aromatic carbocycles. The van der Waals surface area contributed by atoms with Crippen LogP contribution >= 0.6 is 46.6 Å². The zero-order chi connectivity index (χ0) is 19.5. The molecule has 146 valence electrons. The summed E-state index contributed by atoms with van der Waals surface area (Å²) in [6, 6.07) is 7.95. The predicted molar refractivity (Wildman–Crippen MR) is 123 cm³/mol. The standard InChI is InChI=1S/C21H21IN2O2S2/c22-16-3-1-12(2-4-16)8-17-18(25)24(20(27)28-17)23-19(26)21-9-13-5-14(10-21)7-15(6-13)11-21/h1-4,8,13-15H,5-7,9-11H2,(H,23,26)/b17-8-. The summed E-state index contributed by atoms with van der Waals surface area (Å²) in [5.74, 6) is 1.82. The van der Waals surface area contributed by atoms with Gasteiger partial charge in [0.2, 0.25) is 5.91 Å². The van der Waals surface area contributed by atoms with Gasteiger partial charge in [-0.2, -0.15) is 5.01 Å². The normalized spacial score (nSPS) is 35.1. The minimum absolute atomic E-state index is 0.00147. The fourth-order valence-corrected chi connectivity index (χ4v) is 7.42. The van der Waals surface area contributed by atoms with E-state index in [1.54, 1.807) is 0 Å². The number of carbonyl (C=O) groups excluding carboxylic acids is 2. The number of carbonyl (C=O) groups is 2. The third-order valence-corrected chi connectivity index (χ3v) is 8.72. The van der Waals surface area contributed by atoms with Gasteiger partial charge in [0, 0.05) is 3.57 Å². The van der Waals surface area contributed by atoms with Crippen LogP contribution in [0.5, 0.6) is 0 Å².